The number of benzene rings is 1. The van der Waals surface area contributed by atoms with Gasteiger partial charge < -0.3 is 11.1 Å². The number of anilines is 1. The van der Waals surface area contributed by atoms with Gasteiger partial charge >= 0.3 is 0 Å². The van der Waals surface area contributed by atoms with E-state index in [0.717, 1.165) is 5.56 Å². The Kier molecular flexibility index (Phi) is 3.66. The topological polar surface area (TPSA) is 55.1 Å². The van der Waals surface area contributed by atoms with Crippen LogP contribution >= 0.6 is 22.9 Å². The number of carbonyl (C=O) groups is 1. The van der Waals surface area contributed by atoms with Crippen molar-refractivity contribution in [3.63, 3.8) is 0 Å². The summed E-state index contributed by atoms with van der Waals surface area (Å²) in [6.45, 7) is 0.441. The summed E-state index contributed by atoms with van der Waals surface area (Å²) >= 11 is 7.19. The van der Waals surface area contributed by atoms with Crippen LogP contribution in [-0.4, -0.2) is 5.91 Å². The van der Waals surface area contributed by atoms with E-state index < -0.39 is 0 Å². The van der Waals surface area contributed by atoms with E-state index in [1.165, 1.54) is 11.3 Å². The van der Waals surface area contributed by atoms with Gasteiger partial charge in [0.15, 0.2) is 0 Å². The molecule has 1 amide bonds. The lowest BCUT2D eigenvalue weighted by atomic mass is 10.2. The van der Waals surface area contributed by atoms with Crippen molar-refractivity contribution >= 4 is 34.5 Å². The average Bonchev–Trinajstić information content (AvgIpc) is 2.72. The average molecular weight is 267 g/mol. The zero-order chi connectivity index (χ0) is 12.3. The van der Waals surface area contributed by atoms with Gasteiger partial charge in [0.2, 0.25) is 0 Å². The van der Waals surface area contributed by atoms with Crippen molar-refractivity contribution in [3.05, 3.63) is 51.2 Å². The van der Waals surface area contributed by atoms with Crippen LogP contribution in [0.5, 0.6) is 0 Å². The number of amides is 1. The van der Waals surface area contributed by atoms with Crippen LogP contribution < -0.4 is 11.1 Å². The van der Waals surface area contributed by atoms with Gasteiger partial charge in [-0.05, 0) is 29.1 Å². The van der Waals surface area contributed by atoms with Crippen molar-refractivity contribution in [2.75, 3.05) is 5.73 Å². The molecule has 2 rings (SSSR count). The van der Waals surface area contributed by atoms with Gasteiger partial charge in [0.1, 0.15) is 4.88 Å². The van der Waals surface area contributed by atoms with Gasteiger partial charge in [0.25, 0.3) is 5.91 Å². The molecular weight excluding hydrogens is 256 g/mol. The van der Waals surface area contributed by atoms with Gasteiger partial charge in [-0.3, -0.25) is 4.79 Å². The maximum Gasteiger partial charge on any atom is 0.263 e. The second kappa shape index (κ2) is 5.21. The lowest BCUT2D eigenvalue weighted by molar-refractivity contribution is 0.0956. The Labute approximate surface area is 108 Å². The highest BCUT2D eigenvalue weighted by molar-refractivity contribution is 7.12. The predicted molar refractivity (Wildman–Crippen MR) is 71.4 cm³/mol. The molecule has 0 aliphatic carbocycles. The first-order chi connectivity index (χ1) is 8.16. The Morgan fingerprint density at radius 3 is 2.88 bits per heavy atom. The van der Waals surface area contributed by atoms with Crippen LogP contribution in [0.1, 0.15) is 15.2 Å². The summed E-state index contributed by atoms with van der Waals surface area (Å²) < 4.78 is 0. The highest BCUT2D eigenvalue weighted by Crippen LogP contribution is 2.18. The van der Waals surface area contributed by atoms with Crippen LogP contribution in [0.4, 0.5) is 5.69 Å². The molecule has 0 bridgehead atoms. The second-order valence-corrected chi connectivity index (χ2v) is 4.87. The standard InChI is InChI=1S/C12H11ClN2OS/c13-9-3-1-2-8(6-9)7-15-12(16)11-10(14)4-5-17-11/h1-6H,7,14H2,(H,15,16). The van der Waals surface area contributed by atoms with E-state index in [0.29, 0.717) is 22.1 Å². The van der Waals surface area contributed by atoms with Crippen molar-refractivity contribution in [3.8, 4) is 0 Å². The summed E-state index contributed by atoms with van der Waals surface area (Å²) in [5, 5.41) is 5.26. The SMILES string of the molecule is Nc1ccsc1C(=O)NCc1cccc(Cl)c1. The van der Waals surface area contributed by atoms with E-state index in [4.69, 9.17) is 17.3 Å². The third kappa shape index (κ3) is 2.99. The summed E-state index contributed by atoms with van der Waals surface area (Å²) in [4.78, 5) is 12.3. The zero-order valence-corrected chi connectivity index (χ0v) is 10.5. The number of hydrogen-bond acceptors (Lipinski definition) is 3. The minimum absolute atomic E-state index is 0.155. The summed E-state index contributed by atoms with van der Waals surface area (Å²) in [7, 11) is 0. The number of nitrogen functional groups attached to an aromatic ring is 1. The molecule has 88 valence electrons. The van der Waals surface area contributed by atoms with Gasteiger partial charge in [-0.1, -0.05) is 23.7 Å². The molecule has 0 atom stereocenters. The Hall–Kier alpha value is -1.52. The van der Waals surface area contributed by atoms with Crippen LogP contribution in [0, 0.1) is 0 Å². The molecule has 0 fully saturated rings. The smallest absolute Gasteiger partial charge is 0.263 e. The Bertz CT molecular complexity index is 539. The molecular formula is C12H11ClN2OS. The Balaban J connectivity index is 1.99. The summed E-state index contributed by atoms with van der Waals surface area (Å²) in [6.07, 6.45) is 0. The maximum absolute atomic E-state index is 11.8. The van der Waals surface area contributed by atoms with E-state index in [9.17, 15) is 4.79 Å². The van der Waals surface area contributed by atoms with Gasteiger partial charge in [0, 0.05) is 11.6 Å². The second-order valence-electron chi connectivity index (χ2n) is 3.52. The fourth-order valence-corrected chi connectivity index (χ4v) is 2.36. The van der Waals surface area contributed by atoms with Gasteiger partial charge in [-0.15, -0.1) is 11.3 Å². The summed E-state index contributed by atoms with van der Waals surface area (Å²) in [6, 6.07) is 9.09. The lowest BCUT2D eigenvalue weighted by Crippen LogP contribution is -2.22. The highest BCUT2D eigenvalue weighted by atomic mass is 35.5. The molecule has 3 nitrogen and oxygen atoms in total. The van der Waals surface area contributed by atoms with Gasteiger partial charge in [-0.25, -0.2) is 0 Å². The molecule has 0 aliphatic heterocycles. The molecule has 3 N–H and O–H groups in total. The van der Waals surface area contributed by atoms with Gasteiger partial charge in [-0.2, -0.15) is 0 Å². The van der Waals surface area contributed by atoms with Crippen molar-refractivity contribution in [2.24, 2.45) is 0 Å². The fraction of sp³-hybridized carbons (Fsp3) is 0.0833. The van der Waals surface area contributed by atoms with E-state index in [1.807, 2.05) is 18.2 Å². The minimum atomic E-state index is -0.155. The molecule has 0 spiro atoms. The third-order valence-electron chi connectivity index (χ3n) is 2.24. The number of nitrogens with one attached hydrogen (secondary N) is 1. The molecule has 0 radical (unpaired) electrons. The van der Waals surface area contributed by atoms with Crippen molar-refractivity contribution in [1.29, 1.82) is 0 Å². The number of nitrogens with two attached hydrogens (primary N) is 1. The lowest BCUT2D eigenvalue weighted by Gasteiger charge is -2.04. The van der Waals surface area contributed by atoms with E-state index >= 15 is 0 Å². The van der Waals surface area contributed by atoms with Crippen molar-refractivity contribution < 1.29 is 4.79 Å². The molecule has 0 unspecified atom stereocenters. The van der Waals surface area contributed by atoms with Crippen LogP contribution in [0.3, 0.4) is 0 Å². The summed E-state index contributed by atoms with van der Waals surface area (Å²) in [5.41, 5.74) is 7.13. The zero-order valence-electron chi connectivity index (χ0n) is 8.94. The Morgan fingerprint density at radius 2 is 2.24 bits per heavy atom. The van der Waals surface area contributed by atoms with Crippen LogP contribution in [0.25, 0.3) is 0 Å². The van der Waals surface area contributed by atoms with E-state index in [-0.39, 0.29) is 5.91 Å². The van der Waals surface area contributed by atoms with Gasteiger partial charge in [0.05, 0.1) is 5.69 Å². The summed E-state index contributed by atoms with van der Waals surface area (Å²) in [5.74, 6) is -0.155. The largest absolute Gasteiger partial charge is 0.397 e. The predicted octanol–water partition coefficient (Wildman–Crippen LogP) is 2.91. The number of thiophene rings is 1. The molecule has 0 saturated carbocycles. The van der Waals surface area contributed by atoms with Crippen LogP contribution in [0.15, 0.2) is 35.7 Å². The number of rotatable bonds is 3. The molecule has 0 saturated heterocycles. The highest BCUT2D eigenvalue weighted by Gasteiger charge is 2.10. The normalized spacial score (nSPS) is 10.2. The molecule has 17 heavy (non-hydrogen) atoms. The monoisotopic (exact) mass is 266 g/mol. The Morgan fingerprint density at radius 1 is 1.41 bits per heavy atom. The first-order valence-electron chi connectivity index (χ1n) is 5.02. The van der Waals surface area contributed by atoms with Crippen LogP contribution in [0.2, 0.25) is 5.02 Å². The quantitative estimate of drug-likeness (QED) is 0.897. The van der Waals surface area contributed by atoms with Crippen molar-refractivity contribution in [2.45, 2.75) is 6.54 Å². The first kappa shape index (κ1) is 12.0. The number of hydrogen-bond donors (Lipinski definition) is 2. The number of carbonyl (C=O) groups excluding carboxylic acids is 1. The minimum Gasteiger partial charge on any atom is -0.397 e. The molecule has 2 aromatic rings. The maximum atomic E-state index is 11.8. The first-order valence-corrected chi connectivity index (χ1v) is 6.28. The molecule has 1 heterocycles. The molecule has 0 aliphatic rings. The van der Waals surface area contributed by atoms with E-state index in [2.05, 4.69) is 5.32 Å². The third-order valence-corrected chi connectivity index (χ3v) is 3.41. The van der Waals surface area contributed by atoms with Crippen LogP contribution in [-0.2, 0) is 6.54 Å². The number of halogens is 1. The van der Waals surface area contributed by atoms with E-state index in [1.54, 1.807) is 17.5 Å². The molecule has 1 aromatic carbocycles. The fourth-order valence-electron chi connectivity index (χ4n) is 1.41. The molecule has 5 heteroatoms. The van der Waals surface area contributed by atoms with Crippen molar-refractivity contribution in [1.82, 2.24) is 5.32 Å². The molecule has 1 aromatic heterocycles.